The maximum atomic E-state index is 12.3. The van der Waals surface area contributed by atoms with Crippen molar-refractivity contribution >= 4 is 49.5 Å². The van der Waals surface area contributed by atoms with Crippen LogP contribution in [0.4, 0.5) is 5.69 Å². The molecule has 0 atom stereocenters. The quantitative estimate of drug-likeness (QED) is 0.538. The van der Waals surface area contributed by atoms with Crippen LogP contribution in [0.15, 0.2) is 49.5 Å². The molecular formula is C16H12Br2N2O3. The fourth-order valence-electron chi connectivity index (χ4n) is 1.77. The summed E-state index contributed by atoms with van der Waals surface area (Å²) in [6.07, 6.45) is 1.37. The van der Waals surface area contributed by atoms with E-state index in [9.17, 15) is 10.1 Å². The van der Waals surface area contributed by atoms with Gasteiger partial charge in [-0.25, -0.2) is 0 Å². The molecule has 0 spiro atoms. The van der Waals surface area contributed by atoms with E-state index in [2.05, 4.69) is 37.2 Å². The van der Waals surface area contributed by atoms with Crippen LogP contribution < -0.4 is 10.1 Å². The summed E-state index contributed by atoms with van der Waals surface area (Å²) in [7, 11) is 0. The van der Waals surface area contributed by atoms with E-state index in [0.29, 0.717) is 32.9 Å². The Bertz CT molecular complexity index is 771. The molecule has 0 aliphatic carbocycles. The summed E-state index contributed by atoms with van der Waals surface area (Å²) in [5.41, 5.74) is 0.423. The van der Waals surface area contributed by atoms with E-state index >= 15 is 0 Å². The Labute approximate surface area is 150 Å². The van der Waals surface area contributed by atoms with Crippen LogP contribution >= 0.6 is 31.9 Å². The van der Waals surface area contributed by atoms with Gasteiger partial charge in [-0.2, -0.15) is 5.26 Å². The number of carbonyl (C=O) groups is 1. The topological polar surface area (TPSA) is 75.3 Å². The molecule has 23 heavy (non-hydrogen) atoms. The standard InChI is InChI=1S/C16H12Br2N2O3/c1-2-22-14-6-4-3-5-13(14)20-16(21)10(9-19)7-11-8-12(17)15(18)23-11/h3-8H,2H2,1H3,(H,20,21)/b10-7+. The molecule has 1 heterocycles. The van der Waals surface area contributed by atoms with Crippen molar-refractivity contribution in [3.05, 3.63) is 50.8 Å². The Morgan fingerprint density at radius 1 is 1.43 bits per heavy atom. The highest BCUT2D eigenvalue weighted by molar-refractivity contribution is 9.13. The summed E-state index contributed by atoms with van der Waals surface area (Å²) in [6, 6.07) is 10.6. The minimum atomic E-state index is -0.539. The first-order chi connectivity index (χ1) is 11.0. The summed E-state index contributed by atoms with van der Waals surface area (Å²) >= 11 is 6.48. The number of nitriles is 1. The van der Waals surface area contributed by atoms with Crippen LogP contribution in [-0.2, 0) is 4.79 Å². The molecule has 1 aromatic carbocycles. The minimum absolute atomic E-state index is 0.0787. The number of benzene rings is 1. The monoisotopic (exact) mass is 438 g/mol. The van der Waals surface area contributed by atoms with Gasteiger partial charge >= 0.3 is 0 Å². The van der Waals surface area contributed by atoms with Crippen LogP contribution in [0.1, 0.15) is 12.7 Å². The number of nitrogens with zero attached hydrogens (tertiary/aromatic N) is 1. The second kappa shape index (κ2) is 7.99. The first kappa shape index (κ1) is 17.3. The normalized spacial score (nSPS) is 11.0. The lowest BCUT2D eigenvalue weighted by molar-refractivity contribution is -0.112. The molecule has 0 radical (unpaired) electrons. The lowest BCUT2D eigenvalue weighted by Crippen LogP contribution is -2.14. The Balaban J connectivity index is 2.23. The number of furan rings is 1. The largest absolute Gasteiger partial charge is 0.492 e. The van der Waals surface area contributed by atoms with Crippen LogP contribution in [0, 0.1) is 11.3 Å². The average molecular weight is 440 g/mol. The van der Waals surface area contributed by atoms with E-state index < -0.39 is 5.91 Å². The van der Waals surface area contributed by atoms with Gasteiger partial charge in [0, 0.05) is 6.08 Å². The van der Waals surface area contributed by atoms with Gasteiger partial charge in [-0.3, -0.25) is 4.79 Å². The molecule has 1 amide bonds. The predicted molar refractivity (Wildman–Crippen MR) is 93.9 cm³/mol. The van der Waals surface area contributed by atoms with Gasteiger partial charge in [0.2, 0.25) is 0 Å². The first-order valence-corrected chi connectivity index (χ1v) is 8.23. The molecule has 1 N–H and O–H groups in total. The van der Waals surface area contributed by atoms with Crippen molar-refractivity contribution in [1.82, 2.24) is 0 Å². The SMILES string of the molecule is CCOc1ccccc1NC(=O)/C(C#N)=C/c1cc(Br)c(Br)o1. The van der Waals surface area contributed by atoms with Crippen molar-refractivity contribution in [3.8, 4) is 11.8 Å². The Morgan fingerprint density at radius 3 is 2.78 bits per heavy atom. The molecule has 0 saturated heterocycles. The number of hydrogen-bond donors (Lipinski definition) is 1. The lowest BCUT2D eigenvalue weighted by atomic mass is 10.2. The van der Waals surface area contributed by atoms with Gasteiger partial charge in [-0.1, -0.05) is 12.1 Å². The third-order valence-corrected chi connectivity index (χ3v) is 4.46. The second-order valence-corrected chi connectivity index (χ2v) is 5.90. The Morgan fingerprint density at radius 2 is 2.17 bits per heavy atom. The van der Waals surface area contributed by atoms with Crippen molar-refractivity contribution in [1.29, 1.82) is 5.26 Å². The zero-order chi connectivity index (χ0) is 16.8. The van der Waals surface area contributed by atoms with Crippen molar-refractivity contribution in [3.63, 3.8) is 0 Å². The summed E-state index contributed by atoms with van der Waals surface area (Å²) in [4.78, 5) is 12.3. The number of halogens is 2. The molecule has 0 aliphatic heterocycles. The molecule has 0 bridgehead atoms. The van der Waals surface area contributed by atoms with Gasteiger partial charge in [-0.15, -0.1) is 0 Å². The van der Waals surface area contributed by atoms with Crippen molar-refractivity contribution in [2.75, 3.05) is 11.9 Å². The van der Waals surface area contributed by atoms with Crippen LogP contribution in [0.5, 0.6) is 5.75 Å². The van der Waals surface area contributed by atoms with Gasteiger partial charge in [0.05, 0.1) is 16.8 Å². The second-order valence-electron chi connectivity index (χ2n) is 4.32. The molecule has 118 valence electrons. The molecule has 2 aromatic rings. The number of amides is 1. The highest BCUT2D eigenvalue weighted by atomic mass is 79.9. The summed E-state index contributed by atoms with van der Waals surface area (Å²) in [5, 5.41) is 11.9. The first-order valence-electron chi connectivity index (χ1n) is 6.65. The van der Waals surface area contributed by atoms with Crippen LogP contribution in [0.3, 0.4) is 0 Å². The van der Waals surface area contributed by atoms with E-state index in [4.69, 9.17) is 9.15 Å². The Hall–Kier alpha value is -2.04. The molecule has 1 aromatic heterocycles. The van der Waals surface area contributed by atoms with Crippen LogP contribution in [-0.4, -0.2) is 12.5 Å². The average Bonchev–Trinajstić information content (AvgIpc) is 2.85. The number of nitrogens with one attached hydrogen (secondary N) is 1. The lowest BCUT2D eigenvalue weighted by Gasteiger charge is -2.10. The molecule has 7 heteroatoms. The third-order valence-electron chi connectivity index (χ3n) is 2.75. The molecule has 0 unspecified atom stereocenters. The van der Waals surface area contributed by atoms with Crippen molar-refractivity contribution in [2.45, 2.75) is 6.92 Å². The third kappa shape index (κ3) is 4.47. The van der Waals surface area contributed by atoms with E-state index in [1.54, 1.807) is 30.3 Å². The van der Waals surface area contributed by atoms with Gasteiger partial charge < -0.3 is 14.5 Å². The maximum absolute atomic E-state index is 12.3. The van der Waals surface area contributed by atoms with E-state index in [1.165, 1.54) is 6.08 Å². The van der Waals surface area contributed by atoms with E-state index in [1.807, 2.05) is 13.0 Å². The molecular weight excluding hydrogens is 428 g/mol. The summed E-state index contributed by atoms with van der Waals surface area (Å²) in [6.45, 7) is 2.33. The molecule has 2 rings (SSSR count). The number of ether oxygens (including phenoxy) is 1. The predicted octanol–water partition coefficient (Wildman–Crippen LogP) is 4.75. The van der Waals surface area contributed by atoms with E-state index in [-0.39, 0.29) is 5.57 Å². The van der Waals surface area contributed by atoms with Gasteiger partial charge in [0.1, 0.15) is 23.2 Å². The number of carbonyl (C=O) groups excluding carboxylic acids is 1. The summed E-state index contributed by atoms with van der Waals surface area (Å²) in [5.74, 6) is 0.390. The Kier molecular flexibility index (Phi) is 6.02. The highest BCUT2D eigenvalue weighted by Crippen LogP contribution is 2.28. The number of rotatable bonds is 5. The highest BCUT2D eigenvalue weighted by Gasteiger charge is 2.14. The number of hydrogen-bond acceptors (Lipinski definition) is 4. The molecule has 0 saturated carbocycles. The fraction of sp³-hybridized carbons (Fsp3) is 0.125. The summed E-state index contributed by atoms with van der Waals surface area (Å²) < 4.78 is 12.0. The maximum Gasteiger partial charge on any atom is 0.266 e. The zero-order valence-corrected chi connectivity index (χ0v) is 15.3. The smallest absolute Gasteiger partial charge is 0.266 e. The zero-order valence-electron chi connectivity index (χ0n) is 12.1. The van der Waals surface area contributed by atoms with Gasteiger partial charge in [0.15, 0.2) is 4.67 Å². The molecule has 0 fully saturated rings. The van der Waals surface area contributed by atoms with Gasteiger partial charge in [0.25, 0.3) is 5.91 Å². The molecule has 0 aliphatic rings. The van der Waals surface area contributed by atoms with Crippen molar-refractivity contribution in [2.24, 2.45) is 0 Å². The fourth-order valence-corrected chi connectivity index (χ4v) is 2.37. The van der Waals surface area contributed by atoms with Crippen LogP contribution in [0.2, 0.25) is 0 Å². The minimum Gasteiger partial charge on any atom is -0.492 e. The molecule has 5 nitrogen and oxygen atoms in total. The number of anilines is 1. The van der Waals surface area contributed by atoms with Gasteiger partial charge in [-0.05, 0) is 57.0 Å². The number of para-hydroxylation sites is 2. The van der Waals surface area contributed by atoms with E-state index in [0.717, 1.165) is 0 Å². The van der Waals surface area contributed by atoms with Crippen LogP contribution in [0.25, 0.3) is 6.08 Å². The van der Waals surface area contributed by atoms with Crippen molar-refractivity contribution < 1.29 is 13.9 Å².